The molecular formula is C24H20ClF2N3O4. The van der Waals surface area contributed by atoms with Gasteiger partial charge in [-0.15, -0.1) is 0 Å². The van der Waals surface area contributed by atoms with Crippen molar-refractivity contribution in [2.24, 2.45) is 5.73 Å². The first-order chi connectivity index (χ1) is 16.3. The smallest absolute Gasteiger partial charge is 0.407 e. The number of alkyl carbamates (subject to hydrolysis) is 1. The van der Waals surface area contributed by atoms with Crippen LogP contribution in [-0.2, 0) is 16.1 Å². The second kappa shape index (κ2) is 11.2. The number of ether oxygens (including phenoxy) is 1. The molecule has 7 nitrogen and oxygen atoms in total. The lowest BCUT2D eigenvalue weighted by atomic mass is 9.97. The number of hydrogen-bond donors (Lipinski definition) is 3. The Hall–Kier alpha value is -3.98. The van der Waals surface area contributed by atoms with Gasteiger partial charge in [-0.25, -0.2) is 13.6 Å². The van der Waals surface area contributed by atoms with Crippen LogP contribution in [0.1, 0.15) is 27.4 Å². The number of amides is 3. The van der Waals surface area contributed by atoms with E-state index in [0.29, 0.717) is 0 Å². The first kappa shape index (κ1) is 24.7. The summed E-state index contributed by atoms with van der Waals surface area (Å²) >= 11 is 5.94. The first-order valence-corrected chi connectivity index (χ1v) is 10.4. The second-order valence-corrected chi connectivity index (χ2v) is 7.59. The van der Waals surface area contributed by atoms with Crippen LogP contribution >= 0.6 is 11.6 Å². The maximum absolute atomic E-state index is 14.4. The third-order valence-corrected chi connectivity index (χ3v) is 5.14. The van der Waals surface area contributed by atoms with Gasteiger partial charge in [-0.1, -0.05) is 54.1 Å². The van der Waals surface area contributed by atoms with E-state index in [1.54, 1.807) is 24.3 Å². The standard InChI is InChI=1S/C24H20ClF2N3O4/c25-18-9-10-19(27)21(20(18)22(28)31)30-23(32)17(15-7-4-8-16(26)11-15)12-29-24(33)34-13-14-5-2-1-3-6-14/h1-11,17H,12-13H2,(H2,28,31)(H,29,33)(H,30,32). The van der Waals surface area contributed by atoms with Crippen LogP contribution in [0.4, 0.5) is 19.3 Å². The Morgan fingerprint density at radius 3 is 2.41 bits per heavy atom. The third-order valence-electron chi connectivity index (χ3n) is 4.83. The number of primary amides is 1. The molecule has 0 radical (unpaired) electrons. The van der Waals surface area contributed by atoms with Crippen LogP contribution in [-0.4, -0.2) is 24.5 Å². The van der Waals surface area contributed by atoms with Crippen LogP contribution in [0.5, 0.6) is 0 Å². The summed E-state index contributed by atoms with van der Waals surface area (Å²) in [7, 11) is 0. The fraction of sp³-hybridized carbons (Fsp3) is 0.125. The van der Waals surface area contributed by atoms with Gasteiger partial charge in [0, 0.05) is 6.54 Å². The summed E-state index contributed by atoms with van der Waals surface area (Å²) < 4.78 is 33.4. The summed E-state index contributed by atoms with van der Waals surface area (Å²) in [6, 6.07) is 16.2. The largest absolute Gasteiger partial charge is 0.445 e. The van der Waals surface area contributed by atoms with Gasteiger partial charge in [0.05, 0.1) is 22.2 Å². The molecule has 1 unspecified atom stereocenters. The zero-order valence-electron chi connectivity index (χ0n) is 17.7. The average Bonchev–Trinajstić information content (AvgIpc) is 2.81. The van der Waals surface area contributed by atoms with Crippen molar-refractivity contribution in [3.63, 3.8) is 0 Å². The molecule has 0 heterocycles. The maximum Gasteiger partial charge on any atom is 0.407 e. The highest BCUT2D eigenvalue weighted by Crippen LogP contribution is 2.29. The fourth-order valence-corrected chi connectivity index (χ4v) is 3.42. The molecule has 176 valence electrons. The number of nitrogens with one attached hydrogen (secondary N) is 2. The van der Waals surface area contributed by atoms with Crippen molar-refractivity contribution < 1.29 is 27.9 Å². The predicted octanol–water partition coefficient (Wildman–Crippen LogP) is 4.37. The highest BCUT2D eigenvalue weighted by molar-refractivity contribution is 6.34. The van der Waals surface area contributed by atoms with Gasteiger partial charge in [-0.3, -0.25) is 9.59 Å². The van der Waals surface area contributed by atoms with Gasteiger partial charge in [0.1, 0.15) is 18.2 Å². The van der Waals surface area contributed by atoms with E-state index in [0.717, 1.165) is 23.8 Å². The van der Waals surface area contributed by atoms with E-state index in [4.69, 9.17) is 22.1 Å². The molecule has 1 atom stereocenters. The second-order valence-electron chi connectivity index (χ2n) is 7.18. The van der Waals surface area contributed by atoms with Crippen molar-refractivity contribution in [1.29, 1.82) is 0 Å². The number of carbonyl (C=O) groups excluding carboxylic acids is 3. The van der Waals surface area contributed by atoms with E-state index in [9.17, 15) is 23.2 Å². The summed E-state index contributed by atoms with van der Waals surface area (Å²) in [6.07, 6.45) is -0.815. The van der Waals surface area contributed by atoms with Crippen molar-refractivity contribution in [2.75, 3.05) is 11.9 Å². The highest BCUT2D eigenvalue weighted by atomic mass is 35.5. The molecule has 3 aromatic rings. The summed E-state index contributed by atoms with van der Waals surface area (Å²) in [4.78, 5) is 37.0. The molecule has 10 heteroatoms. The topological polar surface area (TPSA) is 111 Å². The first-order valence-electron chi connectivity index (χ1n) is 10.0. The molecule has 0 aromatic heterocycles. The van der Waals surface area contributed by atoms with Crippen molar-refractivity contribution in [2.45, 2.75) is 12.5 Å². The summed E-state index contributed by atoms with van der Waals surface area (Å²) in [5.74, 6) is -4.62. The average molecular weight is 488 g/mol. The van der Waals surface area contributed by atoms with Gasteiger partial charge in [-0.05, 0) is 35.4 Å². The Morgan fingerprint density at radius 2 is 1.74 bits per heavy atom. The Balaban J connectivity index is 1.79. The predicted molar refractivity (Wildman–Crippen MR) is 122 cm³/mol. The van der Waals surface area contributed by atoms with Gasteiger partial charge < -0.3 is 21.1 Å². The van der Waals surface area contributed by atoms with Crippen LogP contribution in [0, 0.1) is 11.6 Å². The van der Waals surface area contributed by atoms with Crippen molar-refractivity contribution in [1.82, 2.24) is 5.32 Å². The molecule has 34 heavy (non-hydrogen) atoms. The number of benzene rings is 3. The number of halogens is 3. The van der Waals surface area contributed by atoms with Crippen LogP contribution < -0.4 is 16.4 Å². The quantitative estimate of drug-likeness (QED) is 0.438. The molecule has 4 N–H and O–H groups in total. The van der Waals surface area contributed by atoms with Crippen LogP contribution in [0.3, 0.4) is 0 Å². The minimum absolute atomic E-state index is 0.000795. The van der Waals surface area contributed by atoms with Crippen LogP contribution in [0.15, 0.2) is 66.7 Å². The summed E-state index contributed by atoms with van der Waals surface area (Å²) in [6.45, 7) is -0.309. The fourth-order valence-electron chi connectivity index (χ4n) is 3.17. The van der Waals surface area contributed by atoms with E-state index >= 15 is 0 Å². The Morgan fingerprint density at radius 1 is 1.00 bits per heavy atom. The SMILES string of the molecule is NC(=O)c1c(Cl)ccc(F)c1NC(=O)C(CNC(=O)OCc1ccccc1)c1cccc(F)c1. The number of anilines is 1. The lowest BCUT2D eigenvalue weighted by Crippen LogP contribution is -2.35. The molecule has 0 saturated heterocycles. The molecule has 0 bridgehead atoms. The van der Waals surface area contributed by atoms with E-state index < -0.39 is 46.7 Å². The molecule has 0 spiro atoms. The van der Waals surface area contributed by atoms with Crippen molar-refractivity contribution in [3.8, 4) is 0 Å². The third kappa shape index (κ3) is 6.29. The number of carbonyl (C=O) groups is 3. The number of nitrogens with two attached hydrogens (primary N) is 1. The molecule has 3 rings (SSSR count). The summed E-state index contributed by atoms with van der Waals surface area (Å²) in [5, 5.41) is 4.57. The molecule has 0 fully saturated rings. The van der Waals surface area contributed by atoms with Gasteiger partial charge in [0.15, 0.2) is 0 Å². The zero-order chi connectivity index (χ0) is 24.7. The van der Waals surface area contributed by atoms with E-state index in [-0.39, 0.29) is 23.7 Å². The van der Waals surface area contributed by atoms with E-state index in [1.165, 1.54) is 18.2 Å². The van der Waals surface area contributed by atoms with Gasteiger partial charge in [-0.2, -0.15) is 0 Å². The molecular weight excluding hydrogens is 468 g/mol. The highest BCUT2D eigenvalue weighted by Gasteiger charge is 2.26. The molecule has 3 amide bonds. The van der Waals surface area contributed by atoms with Crippen LogP contribution in [0.25, 0.3) is 0 Å². The van der Waals surface area contributed by atoms with E-state index in [1.807, 2.05) is 6.07 Å². The normalized spacial score (nSPS) is 11.4. The van der Waals surface area contributed by atoms with Gasteiger partial charge in [0.25, 0.3) is 5.91 Å². The minimum atomic E-state index is -1.17. The molecule has 0 aliphatic carbocycles. The molecule has 3 aromatic carbocycles. The van der Waals surface area contributed by atoms with Crippen molar-refractivity contribution in [3.05, 3.63) is 100 Å². The Labute approximate surface area is 198 Å². The minimum Gasteiger partial charge on any atom is -0.445 e. The van der Waals surface area contributed by atoms with Gasteiger partial charge >= 0.3 is 6.09 Å². The number of hydrogen-bond acceptors (Lipinski definition) is 4. The molecule has 0 saturated carbocycles. The van der Waals surface area contributed by atoms with Gasteiger partial charge in [0.2, 0.25) is 5.91 Å². The number of rotatable bonds is 8. The summed E-state index contributed by atoms with van der Waals surface area (Å²) in [5.41, 5.74) is 5.31. The molecule has 0 aliphatic rings. The monoisotopic (exact) mass is 487 g/mol. The zero-order valence-corrected chi connectivity index (χ0v) is 18.4. The Bertz CT molecular complexity index is 1210. The Kier molecular flexibility index (Phi) is 8.15. The van der Waals surface area contributed by atoms with E-state index in [2.05, 4.69) is 10.6 Å². The lowest BCUT2D eigenvalue weighted by molar-refractivity contribution is -0.117. The van der Waals surface area contributed by atoms with Crippen LogP contribution in [0.2, 0.25) is 5.02 Å². The van der Waals surface area contributed by atoms with Crippen molar-refractivity contribution >= 4 is 35.2 Å². The maximum atomic E-state index is 14.4. The lowest BCUT2D eigenvalue weighted by Gasteiger charge is -2.19. The molecule has 0 aliphatic heterocycles.